The van der Waals surface area contributed by atoms with Crippen LogP contribution in [0.15, 0.2) is 42.5 Å². The average Bonchev–Trinajstić information content (AvgIpc) is 2.84. The van der Waals surface area contributed by atoms with Crippen molar-refractivity contribution in [3.63, 3.8) is 0 Å². The highest BCUT2D eigenvalue weighted by molar-refractivity contribution is 5.88. The first-order valence-corrected chi connectivity index (χ1v) is 6.73. The number of nitrogens with one attached hydrogen (secondary N) is 1. The summed E-state index contributed by atoms with van der Waals surface area (Å²) in [6.07, 6.45) is 0. The van der Waals surface area contributed by atoms with Crippen LogP contribution in [0.5, 0.6) is 0 Å². The smallest absolute Gasteiger partial charge is 0.153 e. The number of benzene rings is 2. The Hall–Kier alpha value is -2.62. The summed E-state index contributed by atoms with van der Waals surface area (Å²) in [5, 5.41) is 6.99. The first kappa shape index (κ1) is 13.4. The predicted octanol–water partition coefficient (Wildman–Crippen LogP) is 4.08. The molecule has 3 aromatic rings. The lowest BCUT2D eigenvalue weighted by Crippen LogP contribution is -1.90. The third-order valence-corrected chi connectivity index (χ3v) is 3.70. The summed E-state index contributed by atoms with van der Waals surface area (Å²) in [5.41, 5.74) is 11.6. The molecule has 0 saturated heterocycles. The van der Waals surface area contributed by atoms with Crippen LogP contribution in [0.25, 0.3) is 22.4 Å². The number of anilines is 1. The molecule has 0 bridgehead atoms. The summed E-state index contributed by atoms with van der Waals surface area (Å²) >= 11 is 0. The minimum absolute atomic E-state index is 0.285. The maximum Gasteiger partial charge on any atom is 0.153 e. The molecule has 4 heteroatoms. The number of aromatic amines is 1. The van der Waals surface area contributed by atoms with E-state index in [0.717, 1.165) is 22.4 Å². The third-order valence-electron chi connectivity index (χ3n) is 3.70. The Bertz CT molecular complexity index is 806. The molecule has 1 heterocycles. The molecule has 2 aromatic carbocycles. The van der Waals surface area contributed by atoms with Crippen molar-refractivity contribution in [2.24, 2.45) is 0 Å². The molecule has 1 aromatic heterocycles. The Balaban J connectivity index is 2.19. The first-order valence-electron chi connectivity index (χ1n) is 6.73. The summed E-state index contributed by atoms with van der Waals surface area (Å²) in [5.74, 6) is 0.129. The highest BCUT2D eigenvalue weighted by Gasteiger charge is 2.15. The van der Waals surface area contributed by atoms with Crippen molar-refractivity contribution < 1.29 is 4.39 Å². The maximum atomic E-state index is 13.4. The van der Waals surface area contributed by atoms with E-state index in [1.807, 2.05) is 18.2 Å². The van der Waals surface area contributed by atoms with Crippen LogP contribution in [-0.4, -0.2) is 10.2 Å². The van der Waals surface area contributed by atoms with E-state index in [4.69, 9.17) is 5.73 Å². The van der Waals surface area contributed by atoms with Crippen molar-refractivity contribution in [2.45, 2.75) is 13.8 Å². The van der Waals surface area contributed by atoms with Crippen LogP contribution < -0.4 is 5.73 Å². The van der Waals surface area contributed by atoms with Crippen molar-refractivity contribution >= 4 is 5.82 Å². The van der Waals surface area contributed by atoms with Crippen molar-refractivity contribution in [1.29, 1.82) is 0 Å². The number of hydrogen-bond acceptors (Lipinski definition) is 2. The van der Waals surface area contributed by atoms with Crippen molar-refractivity contribution in [2.75, 3.05) is 5.73 Å². The fourth-order valence-corrected chi connectivity index (χ4v) is 2.40. The Kier molecular flexibility index (Phi) is 3.22. The van der Waals surface area contributed by atoms with Gasteiger partial charge in [0.25, 0.3) is 0 Å². The second-order valence-electron chi connectivity index (χ2n) is 5.17. The minimum atomic E-state index is -0.285. The second-order valence-corrected chi connectivity index (χ2v) is 5.17. The van der Waals surface area contributed by atoms with Gasteiger partial charge in [-0.2, -0.15) is 5.10 Å². The summed E-state index contributed by atoms with van der Waals surface area (Å²) in [4.78, 5) is 0. The Labute approximate surface area is 122 Å². The molecule has 0 saturated carbocycles. The molecule has 3 N–H and O–H groups in total. The van der Waals surface area contributed by atoms with Gasteiger partial charge in [-0.3, -0.25) is 5.10 Å². The van der Waals surface area contributed by atoms with Crippen LogP contribution in [0.1, 0.15) is 11.1 Å². The van der Waals surface area contributed by atoms with E-state index in [1.54, 1.807) is 6.07 Å². The minimum Gasteiger partial charge on any atom is -0.382 e. The molecular formula is C17H16FN3. The van der Waals surface area contributed by atoms with Gasteiger partial charge in [0.05, 0.1) is 11.3 Å². The van der Waals surface area contributed by atoms with Gasteiger partial charge in [0.1, 0.15) is 5.82 Å². The first-order chi connectivity index (χ1) is 10.1. The molecule has 0 aliphatic carbocycles. The summed E-state index contributed by atoms with van der Waals surface area (Å²) in [6, 6.07) is 12.5. The molecule has 0 radical (unpaired) electrons. The molecule has 3 nitrogen and oxygen atoms in total. The monoisotopic (exact) mass is 281 g/mol. The number of aromatic nitrogens is 2. The van der Waals surface area contributed by atoms with E-state index in [1.165, 1.54) is 23.3 Å². The van der Waals surface area contributed by atoms with Gasteiger partial charge in [-0.05, 0) is 42.7 Å². The Morgan fingerprint density at radius 2 is 1.81 bits per heavy atom. The van der Waals surface area contributed by atoms with Gasteiger partial charge in [0, 0.05) is 5.56 Å². The van der Waals surface area contributed by atoms with Gasteiger partial charge >= 0.3 is 0 Å². The molecular weight excluding hydrogens is 265 g/mol. The predicted molar refractivity (Wildman–Crippen MR) is 83.3 cm³/mol. The zero-order chi connectivity index (χ0) is 15.0. The van der Waals surface area contributed by atoms with E-state index in [2.05, 4.69) is 30.1 Å². The maximum absolute atomic E-state index is 13.4. The number of halogens is 1. The number of rotatable bonds is 2. The van der Waals surface area contributed by atoms with Crippen LogP contribution in [0, 0.1) is 19.7 Å². The number of H-pyrrole nitrogens is 1. The Morgan fingerprint density at radius 3 is 2.52 bits per heavy atom. The molecule has 0 spiro atoms. The molecule has 106 valence electrons. The quantitative estimate of drug-likeness (QED) is 0.743. The molecule has 21 heavy (non-hydrogen) atoms. The lowest BCUT2D eigenvalue weighted by molar-refractivity contribution is 0.628. The Morgan fingerprint density at radius 1 is 1.00 bits per heavy atom. The van der Waals surface area contributed by atoms with Crippen molar-refractivity contribution in [3.8, 4) is 22.4 Å². The van der Waals surface area contributed by atoms with E-state index in [-0.39, 0.29) is 5.82 Å². The number of aryl methyl sites for hydroxylation is 2. The van der Waals surface area contributed by atoms with Gasteiger partial charge < -0.3 is 5.73 Å². The SMILES string of the molecule is Cc1ccc(-c2c(N)n[nH]c2-c2cccc(F)c2)cc1C. The van der Waals surface area contributed by atoms with Crippen molar-refractivity contribution in [3.05, 3.63) is 59.4 Å². The fraction of sp³-hybridized carbons (Fsp3) is 0.118. The van der Waals surface area contributed by atoms with Crippen LogP contribution >= 0.6 is 0 Å². The lowest BCUT2D eigenvalue weighted by Gasteiger charge is -2.07. The summed E-state index contributed by atoms with van der Waals surface area (Å²) < 4.78 is 13.4. The summed E-state index contributed by atoms with van der Waals surface area (Å²) in [7, 11) is 0. The highest BCUT2D eigenvalue weighted by Crippen LogP contribution is 2.35. The van der Waals surface area contributed by atoms with Gasteiger partial charge in [-0.1, -0.05) is 30.3 Å². The van der Waals surface area contributed by atoms with Gasteiger partial charge in [0.15, 0.2) is 5.82 Å². The number of nitrogens with two attached hydrogens (primary N) is 1. The number of nitrogen functional groups attached to an aromatic ring is 1. The largest absolute Gasteiger partial charge is 0.382 e. The lowest BCUT2D eigenvalue weighted by atomic mass is 9.97. The number of hydrogen-bond donors (Lipinski definition) is 2. The fourth-order valence-electron chi connectivity index (χ4n) is 2.40. The summed E-state index contributed by atoms with van der Waals surface area (Å²) in [6.45, 7) is 4.11. The number of nitrogens with zero attached hydrogens (tertiary/aromatic N) is 1. The standard InChI is InChI=1S/C17H16FN3/c1-10-6-7-12(8-11(10)2)15-16(20-21-17(15)19)13-4-3-5-14(18)9-13/h3-9H,1-2H3,(H3,19,20,21). The van der Waals surface area contributed by atoms with Gasteiger partial charge in [-0.25, -0.2) is 4.39 Å². The van der Waals surface area contributed by atoms with E-state index < -0.39 is 0 Å². The van der Waals surface area contributed by atoms with Crippen LogP contribution in [0.3, 0.4) is 0 Å². The molecule has 0 amide bonds. The molecule has 0 aliphatic heterocycles. The van der Waals surface area contributed by atoms with Gasteiger partial charge in [-0.15, -0.1) is 0 Å². The molecule has 0 atom stereocenters. The second kappa shape index (κ2) is 5.05. The normalized spacial score (nSPS) is 10.8. The van der Waals surface area contributed by atoms with Gasteiger partial charge in [0.2, 0.25) is 0 Å². The highest BCUT2D eigenvalue weighted by atomic mass is 19.1. The zero-order valence-corrected chi connectivity index (χ0v) is 11.9. The van der Waals surface area contributed by atoms with E-state index >= 15 is 0 Å². The zero-order valence-electron chi connectivity index (χ0n) is 11.9. The van der Waals surface area contributed by atoms with Crippen LogP contribution in [-0.2, 0) is 0 Å². The molecule has 0 unspecified atom stereocenters. The van der Waals surface area contributed by atoms with Crippen LogP contribution in [0.2, 0.25) is 0 Å². The third kappa shape index (κ3) is 2.40. The average molecular weight is 281 g/mol. The van der Waals surface area contributed by atoms with E-state index in [0.29, 0.717) is 5.82 Å². The molecule has 3 rings (SSSR count). The molecule has 0 fully saturated rings. The van der Waals surface area contributed by atoms with Crippen LogP contribution in [0.4, 0.5) is 10.2 Å². The molecule has 0 aliphatic rings. The van der Waals surface area contributed by atoms with Crippen molar-refractivity contribution in [1.82, 2.24) is 10.2 Å². The van der Waals surface area contributed by atoms with E-state index in [9.17, 15) is 4.39 Å². The topological polar surface area (TPSA) is 54.7 Å².